The normalized spacial score (nSPS) is 15.0. The van der Waals surface area contributed by atoms with Gasteiger partial charge in [0.1, 0.15) is 8.07 Å². The average molecular weight is 393 g/mol. The molecule has 3 rings (SSSR count). The van der Waals surface area contributed by atoms with E-state index in [1.165, 1.54) is 69.1 Å². The number of fused-ring (bicyclic) bond motifs is 2. The van der Waals surface area contributed by atoms with Gasteiger partial charge >= 0.3 is 0 Å². The van der Waals surface area contributed by atoms with Crippen molar-refractivity contribution in [2.45, 2.75) is 72.9 Å². The second-order valence-electron chi connectivity index (χ2n) is 8.75. The standard InChI is InChI=1S/C25H36N2Si/c1-7-9-10-11-13-26-21-17-25-23(15-19(21)4)27-22-14-18(3)20(12-8-2)16-24(22)28(25,5)6/h12,14-17,26H,7-11,13H2,1-6H3/b20-12-. The fraction of sp³-hybridized carbons (Fsp3) is 0.480. The fourth-order valence-electron chi connectivity index (χ4n) is 4.27. The molecule has 0 fully saturated rings. The quantitative estimate of drug-likeness (QED) is 0.541. The van der Waals surface area contributed by atoms with Crippen molar-refractivity contribution in [2.24, 2.45) is 4.99 Å². The Morgan fingerprint density at radius 1 is 0.929 bits per heavy atom. The Hall–Kier alpha value is -1.87. The molecule has 0 radical (unpaired) electrons. The summed E-state index contributed by atoms with van der Waals surface area (Å²) >= 11 is 0. The summed E-state index contributed by atoms with van der Waals surface area (Å²) < 4.78 is 0. The zero-order chi connectivity index (χ0) is 20.3. The molecule has 1 aliphatic heterocycles. The van der Waals surface area contributed by atoms with Crippen molar-refractivity contribution in [1.82, 2.24) is 0 Å². The van der Waals surface area contributed by atoms with Crippen molar-refractivity contribution >= 4 is 35.9 Å². The van der Waals surface area contributed by atoms with Crippen molar-refractivity contribution in [2.75, 3.05) is 11.9 Å². The van der Waals surface area contributed by atoms with Crippen molar-refractivity contribution in [3.63, 3.8) is 0 Å². The third kappa shape index (κ3) is 4.10. The van der Waals surface area contributed by atoms with Gasteiger partial charge in [-0.2, -0.15) is 0 Å². The molecular formula is C25H36N2Si. The molecule has 28 heavy (non-hydrogen) atoms. The maximum absolute atomic E-state index is 5.08. The Kier molecular flexibility index (Phi) is 6.44. The molecule has 0 unspecified atom stereocenters. The predicted octanol–water partition coefficient (Wildman–Crippen LogP) is 4.57. The second kappa shape index (κ2) is 8.65. The van der Waals surface area contributed by atoms with Gasteiger partial charge < -0.3 is 5.32 Å². The summed E-state index contributed by atoms with van der Waals surface area (Å²) in [6, 6.07) is 9.42. The summed E-state index contributed by atoms with van der Waals surface area (Å²) in [7, 11) is -1.78. The van der Waals surface area contributed by atoms with Crippen LogP contribution in [0.25, 0.3) is 6.08 Å². The van der Waals surface area contributed by atoms with Crippen molar-refractivity contribution in [3.05, 3.63) is 46.0 Å². The minimum atomic E-state index is -1.78. The number of hydrogen-bond donors (Lipinski definition) is 1. The number of anilines is 1. The Morgan fingerprint density at radius 2 is 1.71 bits per heavy atom. The SMILES string of the molecule is CC/C=c1/cc2c(cc1C)=Nc1cc(C)c(NCCCCCC)cc1[Si]2(C)C. The van der Waals surface area contributed by atoms with Gasteiger partial charge in [0.2, 0.25) is 0 Å². The lowest BCUT2D eigenvalue weighted by atomic mass is 10.1. The minimum Gasteiger partial charge on any atom is -0.385 e. The monoisotopic (exact) mass is 392 g/mol. The van der Waals surface area contributed by atoms with Crippen LogP contribution in [-0.2, 0) is 0 Å². The average Bonchev–Trinajstić information content (AvgIpc) is 2.64. The summed E-state index contributed by atoms with van der Waals surface area (Å²) in [5.41, 5.74) is 5.12. The van der Waals surface area contributed by atoms with Crippen LogP contribution in [0.4, 0.5) is 11.4 Å². The van der Waals surface area contributed by atoms with Crippen LogP contribution in [0.3, 0.4) is 0 Å². The first-order valence-electron chi connectivity index (χ1n) is 11.0. The first kappa shape index (κ1) is 20.9. The molecule has 0 spiro atoms. The van der Waals surface area contributed by atoms with E-state index in [0.717, 1.165) is 13.0 Å². The first-order valence-corrected chi connectivity index (χ1v) is 14.0. The highest BCUT2D eigenvalue weighted by molar-refractivity contribution is 7.01. The minimum absolute atomic E-state index is 1.06. The van der Waals surface area contributed by atoms with E-state index in [1.807, 2.05) is 0 Å². The van der Waals surface area contributed by atoms with Crippen LogP contribution in [0, 0.1) is 13.8 Å². The number of nitrogens with one attached hydrogen (secondary N) is 1. The summed E-state index contributed by atoms with van der Waals surface area (Å²) in [5, 5.41) is 9.21. The lowest BCUT2D eigenvalue weighted by molar-refractivity contribution is 0.685. The van der Waals surface area contributed by atoms with Gasteiger partial charge in [0, 0.05) is 12.2 Å². The number of aryl methyl sites for hydroxylation is 2. The Morgan fingerprint density at radius 3 is 2.43 bits per heavy atom. The van der Waals surface area contributed by atoms with Gasteiger partial charge in [-0.15, -0.1) is 0 Å². The number of benzene rings is 2. The smallest absolute Gasteiger partial charge is 0.117 e. The third-order valence-corrected chi connectivity index (χ3v) is 9.58. The van der Waals surface area contributed by atoms with E-state index in [4.69, 9.17) is 4.99 Å². The molecule has 0 aliphatic carbocycles. The van der Waals surface area contributed by atoms with Gasteiger partial charge in [0.25, 0.3) is 0 Å². The van der Waals surface area contributed by atoms with Gasteiger partial charge in [-0.05, 0) is 71.6 Å². The van der Waals surface area contributed by atoms with E-state index in [0.29, 0.717) is 0 Å². The molecule has 1 heterocycles. The maximum atomic E-state index is 5.08. The Balaban J connectivity index is 2.01. The number of nitrogens with zero attached hydrogens (tertiary/aromatic N) is 1. The highest BCUT2D eigenvalue weighted by atomic mass is 28.3. The maximum Gasteiger partial charge on any atom is 0.117 e. The summed E-state index contributed by atoms with van der Waals surface area (Å²) in [4.78, 5) is 5.08. The van der Waals surface area contributed by atoms with E-state index >= 15 is 0 Å². The van der Waals surface area contributed by atoms with Crippen LogP contribution in [0.15, 0.2) is 29.3 Å². The van der Waals surface area contributed by atoms with Gasteiger partial charge in [0.05, 0.1) is 11.0 Å². The van der Waals surface area contributed by atoms with Crippen LogP contribution in [0.5, 0.6) is 0 Å². The number of unbranched alkanes of at least 4 members (excludes halogenated alkanes) is 3. The highest BCUT2D eigenvalue weighted by Gasteiger charge is 2.33. The van der Waals surface area contributed by atoms with Gasteiger partial charge in [0.15, 0.2) is 0 Å². The lowest BCUT2D eigenvalue weighted by Gasteiger charge is -2.30. The molecule has 0 amide bonds. The zero-order valence-corrected chi connectivity index (χ0v) is 19.6. The first-order chi connectivity index (χ1) is 13.4. The van der Waals surface area contributed by atoms with Gasteiger partial charge in [-0.3, -0.25) is 0 Å². The van der Waals surface area contributed by atoms with E-state index in [9.17, 15) is 0 Å². The van der Waals surface area contributed by atoms with Crippen molar-refractivity contribution in [1.29, 1.82) is 0 Å². The van der Waals surface area contributed by atoms with E-state index < -0.39 is 8.07 Å². The van der Waals surface area contributed by atoms with Crippen LogP contribution in [0.1, 0.15) is 57.1 Å². The number of hydrogen-bond acceptors (Lipinski definition) is 2. The molecular weight excluding hydrogens is 356 g/mol. The zero-order valence-electron chi connectivity index (χ0n) is 18.6. The lowest BCUT2D eigenvalue weighted by Crippen LogP contribution is -2.61. The summed E-state index contributed by atoms with van der Waals surface area (Å²) in [5.74, 6) is 0. The Bertz CT molecular complexity index is 973. The third-order valence-electron chi connectivity index (χ3n) is 6.08. The summed E-state index contributed by atoms with van der Waals surface area (Å²) in [6.07, 6.45) is 8.58. The molecule has 2 aromatic rings. The Labute approximate surface area is 171 Å². The van der Waals surface area contributed by atoms with Gasteiger partial charge in [-0.25, -0.2) is 4.99 Å². The molecule has 150 valence electrons. The predicted molar refractivity (Wildman–Crippen MR) is 127 cm³/mol. The molecule has 3 heteroatoms. The molecule has 0 bridgehead atoms. The second-order valence-corrected chi connectivity index (χ2v) is 13.1. The summed E-state index contributed by atoms with van der Waals surface area (Å²) in [6.45, 7) is 14.9. The van der Waals surface area contributed by atoms with Crippen LogP contribution in [-0.4, -0.2) is 14.6 Å². The fourth-order valence-corrected chi connectivity index (χ4v) is 7.12. The highest BCUT2D eigenvalue weighted by Crippen LogP contribution is 2.25. The van der Waals surface area contributed by atoms with E-state index in [2.05, 4.69) is 76.4 Å². The van der Waals surface area contributed by atoms with Crippen LogP contribution < -0.4 is 26.3 Å². The topological polar surface area (TPSA) is 24.4 Å². The van der Waals surface area contributed by atoms with Crippen molar-refractivity contribution in [3.8, 4) is 0 Å². The van der Waals surface area contributed by atoms with E-state index in [-0.39, 0.29) is 0 Å². The number of rotatable bonds is 7. The van der Waals surface area contributed by atoms with Crippen molar-refractivity contribution < 1.29 is 0 Å². The largest absolute Gasteiger partial charge is 0.385 e. The molecule has 2 nitrogen and oxygen atoms in total. The van der Waals surface area contributed by atoms with Gasteiger partial charge in [-0.1, -0.05) is 58.3 Å². The van der Waals surface area contributed by atoms with Crippen LogP contribution >= 0.6 is 0 Å². The molecule has 1 N–H and O–H groups in total. The molecule has 0 saturated heterocycles. The molecule has 0 atom stereocenters. The van der Waals surface area contributed by atoms with Crippen LogP contribution in [0.2, 0.25) is 13.1 Å². The molecule has 0 aromatic heterocycles. The molecule has 1 aliphatic rings. The van der Waals surface area contributed by atoms with E-state index in [1.54, 1.807) is 0 Å². The molecule has 0 saturated carbocycles. The molecule has 2 aromatic carbocycles.